The number of amides is 2. The first kappa shape index (κ1) is 17.9. The van der Waals surface area contributed by atoms with Crippen LogP contribution < -0.4 is 5.32 Å². The molecule has 1 heterocycles. The van der Waals surface area contributed by atoms with Gasteiger partial charge in [0.25, 0.3) is 0 Å². The van der Waals surface area contributed by atoms with E-state index in [9.17, 15) is 14.7 Å². The Labute approximate surface area is 149 Å². The Kier molecular flexibility index (Phi) is 5.74. The molecule has 1 aliphatic heterocycles. The number of nitrogens with zero attached hydrogens (tertiary/aromatic N) is 1. The summed E-state index contributed by atoms with van der Waals surface area (Å²) < 4.78 is 0. The van der Waals surface area contributed by atoms with Crippen LogP contribution in [0.25, 0.3) is 0 Å². The van der Waals surface area contributed by atoms with E-state index in [1.807, 2.05) is 37.3 Å². The number of likely N-dealkylation sites (tertiary alicyclic amines) is 1. The van der Waals surface area contributed by atoms with Gasteiger partial charge >= 0.3 is 0 Å². The lowest BCUT2D eigenvalue weighted by Crippen LogP contribution is -2.39. The van der Waals surface area contributed by atoms with Gasteiger partial charge in [-0.3, -0.25) is 9.59 Å². The van der Waals surface area contributed by atoms with Gasteiger partial charge in [0, 0.05) is 19.5 Å². The van der Waals surface area contributed by atoms with Gasteiger partial charge in [-0.05, 0) is 31.2 Å². The van der Waals surface area contributed by atoms with Crippen molar-refractivity contribution >= 4 is 11.8 Å². The summed E-state index contributed by atoms with van der Waals surface area (Å²) in [5, 5.41) is 13.0. The standard InChI is InChI=1S/C20H28N2O3/c1-14(15-7-3-2-4-8-15)22-13-17(11-19(22)24)20(25)21-12-18(23)16-9-5-6-10-16/h2-4,7-8,14,16-18,23H,5-6,9-13H2,1H3,(H,21,25). The topological polar surface area (TPSA) is 69.6 Å². The number of hydrogen-bond acceptors (Lipinski definition) is 3. The third-order valence-electron chi connectivity index (χ3n) is 5.71. The number of carbonyl (C=O) groups excluding carboxylic acids is 2. The molecule has 2 amide bonds. The molecule has 5 heteroatoms. The zero-order chi connectivity index (χ0) is 17.8. The zero-order valence-electron chi connectivity index (χ0n) is 14.9. The number of aliphatic hydroxyl groups excluding tert-OH is 1. The average molecular weight is 344 g/mol. The van der Waals surface area contributed by atoms with Gasteiger partial charge in [-0.2, -0.15) is 0 Å². The highest BCUT2D eigenvalue weighted by molar-refractivity contribution is 5.89. The van der Waals surface area contributed by atoms with E-state index in [0.717, 1.165) is 18.4 Å². The molecule has 3 unspecified atom stereocenters. The molecule has 2 fully saturated rings. The second-order valence-electron chi connectivity index (χ2n) is 7.39. The van der Waals surface area contributed by atoms with Gasteiger partial charge in [0.05, 0.1) is 18.1 Å². The molecule has 2 N–H and O–H groups in total. The Morgan fingerprint density at radius 1 is 1.28 bits per heavy atom. The van der Waals surface area contributed by atoms with Crippen LogP contribution in [0.5, 0.6) is 0 Å². The van der Waals surface area contributed by atoms with Crippen LogP contribution in [0.1, 0.15) is 50.6 Å². The molecule has 2 aliphatic rings. The van der Waals surface area contributed by atoms with Crippen molar-refractivity contribution in [1.82, 2.24) is 10.2 Å². The summed E-state index contributed by atoms with van der Waals surface area (Å²) in [5.74, 6) is -0.115. The van der Waals surface area contributed by atoms with Crippen LogP contribution in [0.4, 0.5) is 0 Å². The van der Waals surface area contributed by atoms with Gasteiger partial charge in [0.15, 0.2) is 0 Å². The van der Waals surface area contributed by atoms with E-state index in [0.29, 0.717) is 19.0 Å². The Hall–Kier alpha value is -1.88. The summed E-state index contributed by atoms with van der Waals surface area (Å²) in [4.78, 5) is 26.5. The monoisotopic (exact) mass is 344 g/mol. The SMILES string of the molecule is CC(c1ccccc1)N1CC(C(=O)NCC(O)C2CCCC2)CC1=O. The molecule has 0 aromatic heterocycles. The van der Waals surface area contributed by atoms with E-state index in [2.05, 4.69) is 5.32 Å². The van der Waals surface area contributed by atoms with Gasteiger partial charge in [0.1, 0.15) is 0 Å². The lowest BCUT2D eigenvalue weighted by Gasteiger charge is -2.25. The summed E-state index contributed by atoms with van der Waals surface area (Å²) in [6, 6.07) is 9.85. The highest BCUT2D eigenvalue weighted by atomic mass is 16.3. The quantitative estimate of drug-likeness (QED) is 0.832. The van der Waals surface area contributed by atoms with Crippen LogP contribution in [-0.2, 0) is 9.59 Å². The molecule has 1 saturated carbocycles. The number of aliphatic hydroxyl groups is 1. The zero-order valence-corrected chi connectivity index (χ0v) is 14.9. The fourth-order valence-corrected chi connectivity index (χ4v) is 4.05. The predicted molar refractivity (Wildman–Crippen MR) is 95.7 cm³/mol. The molecular formula is C20H28N2O3. The maximum Gasteiger partial charge on any atom is 0.225 e. The highest BCUT2D eigenvalue weighted by Crippen LogP contribution is 2.29. The molecule has 1 saturated heterocycles. The summed E-state index contributed by atoms with van der Waals surface area (Å²) in [6.45, 7) is 2.74. The first-order valence-electron chi connectivity index (χ1n) is 9.36. The van der Waals surface area contributed by atoms with Crippen LogP contribution in [0.3, 0.4) is 0 Å². The van der Waals surface area contributed by atoms with Crippen molar-refractivity contribution in [2.45, 2.75) is 51.2 Å². The minimum atomic E-state index is -0.470. The molecule has 25 heavy (non-hydrogen) atoms. The predicted octanol–water partition coefficient (Wildman–Crippen LogP) is 2.26. The van der Waals surface area contributed by atoms with Crippen LogP contribution in [0, 0.1) is 11.8 Å². The number of nitrogens with one attached hydrogen (secondary N) is 1. The second kappa shape index (κ2) is 8.00. The fraction of sp³-hybridized carbons (Fsp3) is 0.600. The van der Waals surface area contributed by atoms with E-state index in [-0.39, 0.29) is 30.2 Å². The molecule has 1 aromatic carbocycles. The molecule has 5 nitrogen and oxygen atoms in total. The van der Waals surface area contributed by atoms with E-state index < -0.39 is 6.10 Å². The van der Waals surface area contributed by atoms with Gasteiger partial charge in [0.2, 0.25) is 11.8 Å². The largest absolute Gasteiger partial charge is 0.391 e. The van der Waals surface area contributed by atoms with Gasteiger partial charge in [-0.25, -0.2) is 0 Å². The van der Waals surface area contributed by atoms with Crippen molar-refractivity contribution in [3.63, 3.8) is 0 Å². The van der Waals surface area contributed by atoms with E-state index in [1.54, 1.807) is 4.90 Å². The summed E-state index contributed by atoms with van der Waals surface area (Å²) in [7, 11) is 0. The Morgan fingerprint density at radius 3 is 2.64 bits per heavy atom. The third kappa shape index (κ3) is 4.21. The molecule has 0 bridgehead atoms. The van der Waals surface area contributed by atoms with Crippen LogP contribution >= 0.6 is 0 Å². The van der Waals surface area contributed by atoms with Crippen molar-refractivity contribution in [2.75, 3.05) is 13.1 Å². The molecule has 136 valence electrons. The van der Waals surface area contributed by atoms with Crippen molar-refractivity contribution in [1.29, 1.82) is 0 Å². The van der Waals surface area contributed by atoms with Crippen LogP contribution in [0.15, 0.2) is 30.3 Å². The van der Waals surface area contributed by atoms with Crippen molar-refractivity contribution < 1.29 is 14.7 Å². The lowest BCUT2D eigenvalue weighted by molar-refractivity contribution is -0.130. The number of carbonyl (C=O) groups is 2. The van der Waals surface area contributed by atoms with Crippen LogP contribution in [-0.4, -0.2) is 41.0 Å². The normalized spacial score (nSPS) is 23.7. The number of benzene rings is 1. The van der Waals surface area contributed by atoms with E-state index in [1.165, 1.54) is 12.8 Å². The first-order chi connectivity index (χ1) is 12.1. The Bertz CT molecular complexity index is 598. The van der Waals surface area contributed by atoms with Crippen LogP contribution in [0.2, 0.25) is 0 Å². The third-order valence-corrected chi connectivity index (χ3v) is 5.71. The smallest absolute Gasteiger partial charge is 0.225 e. The van der Waals surface area contributed by atoms with Crippen molar-refractivity contribution in [3.05, 3.63) is 35.9 Å². The number of rotatable bonds is 6. The summed E-state index contributed by atoms with van der Waals surface area (Å²) in [6.07, 6.45) is 4.20. The lowest BCUT2D eigenvalue weighted by atomic mass is 10.0. The first-order valence-corrected chi connectivity index (χ1v) is 9.36. The molecule has 1 aromatic rings. The molecule has 3 atom stereocenters. The van der Waals surface area contributed by atoms with Gasteiger partial charge in [-0.1, -0.05) is 43.2 Å². The Morgan fingerprint density at radius 2 is 1.96 bits per heavy atom. The summed E-state index contributed by atoms with van der Waals surface area (Å²) >= 11 is 0. The minimum absolute atomic E-state index is 0.0212. The van der Waals surface area contributed by atoms with E-state index in [4.69, 9.17) is 0 Å². The highest BCUT2D eigenvalue weighted by Gasteiger charge is 2.37. The van der Waals surface area contributed by atoms with Crippen molar-refractivity contribution in [3.8, 4) is 0 Å². The second-order valence-corrected chi connectivity index (χ2v) is 7.39. The Balaban J connectivity index is 1.52. The summed E-state index contributed by atoms with van der Waals surface area (Å²) in [5.41, 5.74) is 1.08. The molecular weight excluding hydrogens is 316 g/mol. The maximum absolute atomic E-state index is 12.4. The minimum Gasteiger partial charge on any atom is -0.391 e. The fourth-order valence-electron chi connectivity index (χ4n) is 4.05. The average Bonchev–Trinajstić information content (AvgIpc) is 3.29. The number of hydrogen-bond donors (Lipinski definition) is 2. The van der Waals surface area contributed by atoms with Gasteiger partial charge in [-0.15, -0.1) is 0 Å². The van der Waals surface area contributed by atoms with Gasteiger partial charge < -0.3 is 15.3 Å². The molecule has 1 aliphatic carbocycles. The molecule has 0 radical (unpaired) electrons. The van der Waals surface area contributed by atoms with Crippen molar-refractivity contribution in [2.24, 2.45) is 11.8 Å². The molecule has 0 spiro atoms. The van der Waals surface area contributed by atoms with E-state index >= 15 is 0 Å². The molecule has 3 rings (SSSR count). The maximum atomic E-state index is 12.4.